The molecule has 1 aromatic rings. The molecule has 6 heteroatoms. The molecule has 0 bridgehead atoms. The second kappa shape index (κ2) is 9.97. The summed E-state index contributed by atoms with van der Waals surface area (Å²) in [4.78, 5) is 24.5. The van der Waals surface area contributed by atoms with E-state index in [1.165, 1.54) is 10.5 Å². The first-order valence-corrected chi connectivity index (χ1v) is 7.86. The second-order valence-electron chi connectivity index (χ2n) is 5.55. The van der Waals surface area contributed by atoms with Crippen LogP contribution in [0.25, 0.3) is 0 Å². The molecule has 1 rings (SSSR count). The van der Waals surface area contributed by atoms with Crippen LogP contribution in [0, 0.1) is 0 Å². The first kappa shape index (κ1) is 19.1. The molecule has 128 valence electrons. The van der Waals surface area contributed by atoms with Crippen molar-refractivity contribution in [1.82, 2.24) is 10.2 Å². The van der Waals surface area contributed by atoms with E-state index in [1.807, 2.05) is 24.3 Å². The number of likely N-dealkylation sites (N-methyl/N-ethyl adjacent to an activating group) is 1. The Hall–Kier alpha value is -1.92. The normalized spacial score (nSPS) is 12.0. The summed E-state index contributed by atoms with van der Waals surface area (Å²) in [7, 11) is 1.73. The van der Waals surface area contributed by atoms with Crippen molar-refractivity contribution in [1.29, 1.82) is 0 Å². The van der Waals surface area contributed by atoms with Crippen LogP contribution < -0.4 is 5.32 Å². The fraction of sp³-hybridized carbons (Fsp3) is 0.529. The highest BCUT2D eigenvalue weighted by Crippen LogP contribution is 2.11. The minimum Gasteiger partial charge on any atom is -0.481 e. The Morgan fingerprint density at radius 3 is 2.57 bits per heavy atom. The van der Waals surface area contributed by atoms with Gasteiger partial charge in [-0.25, -0.2) is 0 Å². The van der Waals surface area contributed by atoms with Gasteiger partial charge in [0, 0.05) is 26.1 Å². The molecular weight excluding hydrogens is 296 g/mol. The average molecular weight is 322 g/mol. The molecule has 0 aliphatic carbocycles. The number of hydrogen-bond donors (Lipinski definition) is 3. The lowest BCUT2D eigenvalue weighted by Crippen LogP contribution is -2.40. The minimum absolute atomic E-state index is 0.0604. The molecule has 23 heavy (non-hydrogen) atoms. The van der Waals surface area contributed by atoms with E-state index in [0.717, 1.165) is 12.0 Å². The maximum atomic E-state index is 12.3. The number of aliphatic hydroxyl groups is 1. The summed E-state index contributed by atoms with van der Waals surface area (Å²) >= 11 is 0. The first-order valence-electron chi connectivity index (χ1n) is 7.86. The van der Waals surface area contributed by atoms with Crippen LogP contribution in [0.4, 0.5) is 0 Å². The van der Waals surface area contributed by atoms with Crippen molar-refractivity contribution in [3.63, 3.8) is 0 Å². The molecule has 0 radical (unpaired) electrons. The molecule has 1 atom stereocenters. The summed E-state index contributed by atoms with van der Waals surface area (Å²) in [5.74, 6) is -1.26. The molecule has 0 aromatic heterocycles. The summed E-state index contributed by atoms with van der Waals surface area (Å²) in [5, 5.41) is 21.6. The summed E-state index contributed by atoms with van der Waals surface area (Å²) in [6.45, 7) is 2.98. The van der Waals surface area contributed by atoms with E-state index in [1.54, 1.807) is 7.05 Å². The van der Waals surface area contributed by atoms with Crippen LogP contribution in [0.1, 0.15) is 30.9 Å². The second-order valence-corrected chi connectivity index (χ2v) is 5.55. The lowest BCUT2D eigenvalue weighted by molar-refractivity contribution is -0.141. The average Bonchev–Trinajstić information content (AvgIpc) is 2.52. The quantitative estimate of drug-likeness (QED) is 0.598. The zero-order valence-electron chi connectivity index (χ0n) is 13.8. The molecule has 0 heterocycles. The Kier molecular flexibility index (Phi) is 8.29. The molecule has 1 amide bonds. The maximum Gasteiger partial charge on any atom is 0.303 e. The van der Waals surface area contributed by atoms with Crippen LogP contribution in [0.2, 0.25) is 0 Å². The number of carbonyl (C=O) groups is 2. The third kappa shape index (κ3) is 7.25. The number of rotatable bonds is 10. The van der Waals surface area contributed by atoms with Crippen LogP contribution >= 0.6 is 0 Å². The van der Waals surface area contributed by atoms with Crippen LogP contribution in [0.3, 0.4) is 0 Å². The molecule has 1 unspecified atom stereocenters. The number of aryl methyl sites for hydroxylation is 1. The lowest BCUT2D eigenvalue weighted by atomic mass is 10.1. The fourth-order valence-corrected chi connectivity index (χ4v) is 2.35. The van der Waals surface area contributed by atoms with E-state index in [-0.39, 0.29) is 25.3 Å². The van der Waals surface area contributed by atoms with Gasteiger partial charge >= 0.3 is 5.97 Å². The predicted molar refractivity (Wildman–Crippen MR) is 88.0 cm³/mol. The predicted octanol–water partition coefficient (Wildman–Crippen LogP) is 1.02. The van der Waals surface area contributed by atoms with E-state index in [9.17, 15) is 14.7 Å². The number of nitrogens with one attached hydrogen (secondary N) is 1. The molecule has 0 fully saturated rings. The number of carboxylic acid groups (broad SMARTS) is 1. The summed E-state index contributed by atoms with van der Waals surface area (Å²) in [5.41, 5.74) is 2.15. The fourth-order valence-electron chi connectivity index (χ4n) is 2.35. The van der Waals surface area contributed by atoms with Crippen molar-refractivity contribution < 1.29 is 19.8 Å². The molecule has 0 saturated heterocycles. The van der Waals surface area contributed by atoms with Crippen LogP contribution in [0.5, 0.6) is 0 Å². The zero-order valence-corrected chi connectivity index (χ0v) is 13.8. The van der Waals surface area contributed by atoms with E-state index in [2.05, 4.69) is 12.2 Å². The van der Waals surface area contributed by atoms with Crippen molar-refractivity contribution in [2.75, 3.05) is 20.1 Å². The first-order chi connectivity index (χ1) is 11.0. The molecule has 3 N–H and O–H groups in total. The Morgan fingerprint density at radius 2 is 1.96 bits per heavy atom. The van der Waals surface area contributed by atoms with Gasteiger partial charge in [-0.05, 0) is 24.6 Å². The lowest BCUT2D eigenvalue weighted by Gasteiger charge is -2.25. The topological polar surface area (TPSA) is 89.9 Å². The van der Waals surface area contributed by atoms with Gasteiger partial charge in [0.1, 0.15) is 0 Å². The molecule has 0 spiro atoms. The highest BCUT2D eigenvalue weighted by molar-refractivity contribution is 5.80. The third-order valence-corrected chi connectivity index (χ3v) is 3.55. The van der Waals surface area contributed by atoms with Crippen LogP contribution in [-0.4, -0.2) is 53.2 Å². The molecule has 1 aromatic carbocycles. The van der Waals surface area contributed by atoms with Gasteiger partial charge < -0.3 is 20.4 Å². The Labute approximate surface area is 137 Å². The zero-order chi connectivity index (χ0) is 17.2. The van der Waals surface area contributed by atoms with E-state index >= 15 is 0 Å². The highest BCUT2D eigenvalue weighted by Gasteiger charge is 2.18. The largest absolute Gasteiger partial charge is 0.481 e. The number of benzene rings is 1. The summed E-state index contributed by atoms with van der Waals surface area (Å²) in [6.07, 6.45) is -0.0480. The van der Waals surface area contributed by atoms with E-state index < -0.39 is 12.1 Å². The van der Waals surface area contributed by atoms with Crippen molar-refractivity contribution >= 4 is 11.9 Å². The number of aliphatic hydroxyl groups excluding tert-OH is 1. The van der Waals surface area contributed by atoms with Gasteiger partial charge in [-0.2, -0.15) is 0 Å². The standard InChI is InChI=1S/C17H26N2O4/c1-3-13-5-4-6-14(9-13)11-19(12-15(20)10-18-2)16(21)7-8-17(22)23/h4-6,9,15,18,20H,3,7-8,10-12H2,1-2H3,(H,22,23). The monoisotopic (exact) mass is 322 g/mol. The number of hydrogen-bond acceptors (Lipinski definition) is 4. The number of nitrogens with zero attached hydrogens (tertiary/aromatic N) is 1. The number of carbonyl (C=O) groups excluding carboxylic acids is 1. The Bertz CT molecular complexity index is 519. The SMILES string of the molecule is CCc1cccc(CN(CC(O)CNC)C(=O)CCC(=O)O)c1. The molecule has 0 aliphatic rings. The van der Waals surface area contributed by atoms with Crippen LogP contribution in [0.15, 0.2) is 24.3 Å². The molecule has 0 saturated carbocycles. The number of carboxylic acids is 1. The van der Waals surface area contributed by atoms with Crippen molar-refractivity contribution in [3.8, 4) is 0 Å². The van der Waals surface area contributed by atoms with Gasteiger partial charge in [0.15, 0.2) is 0 Å². The van der Waals surface area contributed by atoms with E-state index in [4.69, 9.17) is 5.11 Å². The molecule has 0 aliphatic heterocycles. The molecular formula is C17H26N2O4. The van der Waals surface area contributed by atoms with Gasteiger partial charge in [0.25, 0.3) is 0 Å². The molecule has 6 nitrogen and oxygen atoms in total. The van der Waals surface area contributed by atoms with Gasteiger partial charge in [0.2, 0.25) is 5.91 Å². The summed E-state index contributed by atoms with van der Waals surface area (Å²) in [6, 6.07) is 7.93. The minimum atomic E-state index is -0.998. The van der Waals surface area contributed by atoms with Crippen molar-refractivity contribution in [2.24, 2.45) is 0 Å². The maximum absolute atomic E-state index is 12.3. The van der Waals surface area contributed by atoms with Crippen molar-refractivity contribution in [2.45, 2.75) is 38.8 Å². The number of aliphatic carboxylic acids is 1. The summed E-state index contributed by atoms with van der Waals surface area (Å²) < 4.78 is 0. The van der Waals surface area contributed by atoms with Gasteiger partial charge in [-0.1, -0.05) is 31.2 Å². The van der Waals surface area contributed by atoms with Crippen LogP contribution in [-0.2, 0) is 22.6 Å². The highest BCUT2D eigenvalue weighted by atomic mass is 16.4. The Morgan fingerprint density at radius 1 is 1.26 bits per heavy atom. The van der Waals surface area contributed by atoms with Gasteiger partial charge in [0.05, 0.1) is 12.5 Å². The van der Waals surface area contributed by atoms with Crippen molar-refractivity contribution in [3.05, 3.63) is 35.4 Å². The van der Waals surface area contributed by atoms with Gasteiger partial charge in [-0.15, -0.1) is 0 Å². The smallest absolute Gasteiger partial charge is 0.303 e. The third-order valence-electron chi connectivity index (χ3n) is 3.55. The van der Waals surface area contributed by atoms with Gasteiger partial charge in [-0.3, -0.25) is 9.59 Å². The van der Waals surface area contributed by atoms with E-state index in [0.29, 0.717) is 13.1 Å². The number of amides is 1. The Balaban J connectivity index is 2.79.